The Balaban J connectivity index is 1.91. The molecule has 0 aliphatic heterocycles. The molecule has 0 saturated carbocycles. The maximum Gasteiger partial charge on any atom is 0.189 e. The van der Waals surface area contributed by atoms with Crippen LogP contribution in [0.25, 0.3) is 10.2 Å². The molecule has 0 fully saturated rings. The number of nitrogens with one attached hydrogen (secondary N) is 2. The van der Waals surface area contributed by atoms with Crippen LogP contribution in [0, 0.1) is 6.92 Å². The van der Waals surface area contributed by atoms with Crippen molar-refractivity contribution in [1.29, 1.82) is 0 Å². The lowest BCUT2D eigenvalue weighted by molar-refractivity contribution is 0.492. The molecular formula is C14H17N7S. The normalized spacial score (nSPS) is 11.1. The average molecular weight is 315 g/mol. The van der Waals surface area contributed by atoms with Crippen molar-refractivity contribution < 1.29 is 0 Å². The van der Waals surface area contributed by atoms with Gasteiger partial charge >= 0.3 is 0 Å². The number of anilines is 4. The highest BCUT2D eigenvalue weighted by Gasteiger charge is 2.11. The van der Waals surface area contributed by atoms with Crippen LogP contribution in [0.1, 0.15) is 5.56 Å². The summed E-state index contributed by atoms with van der Waals surface area (Å²) in [6.45, 7) is 2.06. The smallest absolute Gasteiger partial charge is 0.189 e. The van der Waals surface area contributed by atoms with Gasteiger partial charge in [0.15, 0.2) is 16.8 Å². The van der Waals surface area contributed by atoms with Gasteiger partial charge in [0, 0.05) is 14.1 Å². The Bertz CT molecular complexity index is 812. The minimum Gasteiger partial charge on any atom is -0.393 e. The van der Waals surface area contributed by atoms with E-state index in [2.05, 4.69) is 38.7 Å². The van der Waals surface area contributed by atoms with E-state index < -0.39 is 0 Å². The summed E-state index contributed by atoms with van der Waals surface area (Å²) in [7, 11) is 3.73. The van der Waals surface area contributed by atoms with Crippen LogP contribution in [0.2, 0.25) is 0 Å². The molecule has 3 rings (SSSR count). The summed E-state index contributed by atoms with van der Waals surface area (Å²) >= 11 is 1.57. The van der Waals surface area contributed by atoms with Gasteiger partial charge in [-0.3, -0.25) is 0 Å². The molecule has 0 amide bonds. The number of rotatable bonds is 4. The van der Waals surface area contributed by atoms with Crippen LogP contribution in [0.4, 0.5) is 22.5 Å². The molecule has 1 aromatic carbocycles. The summed E-state index contributed by atoms with van der Waals surface area (Å²) in [4.78, 5) is 12.9. The fourth-order valence-electron chi connectivity index (χ4n) is 1.98. The molecule has 4 N–H and O–H groups in total. The minimum absolute atomic E-state index is 0.451. The zero-order valence-electron chi connectivity index (χ0n) is 12.6. The Kier molecular flexibility index (Phi) is 3.78. The van der Waals surface area contributed by atoms with Crippen LogP contribution in [0.3, 0.4) is 0 Å². The van der Waals surface area contributed by atoms with Crippen LogP contribution in [0.15, 0.2) is 24.5 Å². The molecular weight excluding hydrogens is 298 g/mol. The summed E-state index contributed by atoms with van der Waals surface area (Å²) in [6.07, 6.45) is 1.46. The standard InChI is InChI=1S/C14H17N7S/c1-8-4-5-9-10(6-8)22-14(18-9)19-12-11(15)13(17-7-16-12)20-21(2)3/h4-7H,15H2,1-3H3,(H2,16,17,18,19,20). The van der Waals surface area contributed by atoms with Crippen molar-refractivity contribution in [2.75, 3.05) is 30.6 Å². The van der Waals surface area contributed by atoms with Crippen LogP contribution in [-0.4, -0.2) is 34.1 Å². The third-order valence-corrected chi connectivity index (χ3v) is 3.92. The van der Waals surface area contributed by atoms with Gasteiger partial charge in [0.1, 0.15) is 12.0 Å². The van der Waals surface area contributed by atoms with Crippen LogP contribution in [-0.2, 0) is 0 Å². The molecule has 114 valence electrons. The average Bonchev–Trinajstić information content (AvgIpc) is 2.84. The van der Waals surface area contributed by atoms with E-state index in [0.717, 1.165) is 15.3 Å². The van der Waals surface area contributed by atoms with E-state index in [9.17, 15) is 0 Å². The second-order valence-electron chi connectivity index (χ2n) is 5.11. The Morgan fingerprint density at radius 3 is 2.73 bits per heavy atom. The topological polar surface area (TPSA) is 92.0 Å². The van der Waals surface area contributed by atoms with Crippen molar-refractivity contribution in [1.82, 2.24) is 20.0 Å². The van der Waals surface area contributed by atoms with E-state index >= 15 is 0 Å². The van der Waals surface area contributed by atoms with E-state index in [1.807, 2.05) is 26.2 Å². The lowest BCUT2D eigenvalue weighted by Crippen LogP contribution is -2.21. The molecule has 0 unspecified atom stereocenters. The maximum atomic E-state index is 6.10. The van der Waals surface area contributed by atoms with Gasteiger partial charge in [0.25, 0.3) is 0 Å². The molecule has 7 nitrogen and oxygen atoms in total. The summed E-state index contributed by atoms with van der Waals surface area (Å²) in [6, 6.07) is 6.17. The molecule has 22 heavy (non-hydrogen) atoms. The Hall–Kier alpha value is -2.45. The highest BCUT2D eigenvalue weighted by Crippen LogP contribution is 2.31. The fourth-order valence-corrected chi connectivity index (χ4v) is 2.95. The van der Waals surface area contributed by atoms with Gasteiger partial charge in [-0.25, -0.2) is 20.0 Å². The lowest BCUT2D eigenvalue weighted by Gasteiger charge is -2.15. The molecule has 8 heteroatoms. The third-order valence-electron chi connectivity index (χ3n) is 2.98. The predicted octanol–water partition coefficient (Wildman–Crippen LogP) is 2.61. The molecule has 0 spiro atoms. The third kappa shape index (κ3) is 2.92. The number of aromatic nitrogens is 3. The molecule has 2 aromatic heterocycles. The van der Waals surface area contributed by atoms with E-state index in [4.69, 9.17) is 5.73 Å². The maximum absolute atomic E-state index is 6.10. The first-order chi connectivity index (χ1) is 10.5. The zero-order valence-corrected chi connectivity index (χ0v) is 13.4. The minimum atomic E-state index is 0.451. The Labute approximate surface area is 132 Å². The quantitative estimate of drug-likeness (QED) is 0.637. The SMILES string of the molecule is Cc1ccc2nc(Nc3ncnc(NN(C)C)c3N)sc2c1. The van der Waals surface area contributed by atoms with Gasteiger partial charge in [0.05, 0.1) is 10.2 Å². The number of thiazole rings is 1. The molecule has 3 aromatic rings. The first-order valence-corrected chi connectivity index (χ1v) is 7.53. The number of hydrogen-bond donors (Lipinski definition) is 3. The van der Waals surface area contributed by atoms with E-state index in [0.29, 0.717) is 17.3 Å². The first kappa shape index (κ1) is 14.5. The highest BCUT2D eigenvalue weighted by atomic mass is 32.1. The van der Waals surface area contributed by atoms with Gasteiger partial charge in [0.2, 0.25) is 0 Å². The number of aryl methyl sites for hydroxylation is 1. The summed E-state index contributed by atoms with van der Waals surface area (Å²) in [5.74, 6) is 1.09. The molecule has 0 aliphatic carbocycles. The predicted molar refractivity (Wildman–Crippen MR) is 91.4 cm³/mol. The van der Waals surface area contributed by atoms with E-state index in [-0.39, 0.29) is 0 Å². The first-order valence-electron chi connectivity index (χ1n) is 6.71. The van der Waals surface area contributed by atoms with E-state index in [1.165, 1.54) is 11.9 Å². The number of nitrogens with two attached hydrogens (primary N) is 1. The number of hydrazine groups is 1. The van der Waals surface area contributed by atoms with Crippen molar-refractivity contribution in [2.45, 2.75) is 6.92 Å². The number of benzene rings is 1. The summed E-state index contributed by atoms with van der Waals surface area (Å²) in [5.41, 5.74) is 11.7. The van der Waals surface area contributed by atoms with Crippen molar-refractivity contribution >= 4 is 44.0 Å². The second-order valence-corrected chi connectivity index (χ2v) is 6.14. The monoisotopic (exact) mass is 315 g/mol. The zero-order chi connectivity index (χ0) is 15.7. The van der Waals surface area contributed by atoms with Crippen molar-refractivity contribution in [2.24, 2.45) is 0 Å². The molecule has 0 bridgehead atoms. The molecule has 0 radical (unpaired) electrons. The van der Waals surface area contributed by atoms with Gasteiger partial charge in [-0.2, -0.15) is 0 Å². The van der Waals surface area contributed by atoms with Gasteiger partial charge < -0.3 is 16.5 Å². The van der Waals surface area contributed by atoms with Crippen LogP contribution >= 0.6 is 11.3 Å². The molecule has 0 saturated heterocycles. The number of fused-ring (bicyclic) bond motifs is 1. The van der Waals surface area contributed by atoms with Gasteiger partial charge in [-0.05, 0) is 24.6 Å². The van der Waals surface area contributed by atoms with Crippen molar-refractivity contribution in [3.63, 3.8) is 0 Å². The summed E-state index contributed by atoms with van der Waals surface area (Å²) in [5, 5.41) is 5.69. The van der Waals surface area contributed by atoms with Crippen LogP contribution < -0.4 is 16.5 Å². The number of hydrogen-bond acceptors (Lipinski definition) is 8. The lowest BCUT2D eigenvalue weighted by atomic mass is 10.2. The highest BCUT2D eigenvalue weighted by molar-refractivity contribution is 7.22. The van der Waals surface area contributed by atoms with Crippen LogP contribution in [0.5, 0.6) is 0 Å². The Morgan fingerprint density at radius 2 is 1.95 bits per heavy atom. The summed E-state index contributed by atoms with van der Waals surface area (Å²) < 4.78 is 1.13. The molecule has 0 atom stereocenters. The number of nitrogens with zero attached hydrogens (tertiary/aromatic N) is 4. The molecule has 0 aliphatic rings. The number of nitrogen functional groups attached to an aromatic ring is 1. The van der Waals surface area contributed by atoms with Gasteiger partial charge in [-0.1, -0.05) is 17.4 Å². The van der Waals surface area contributed by atoms with Crippen molar-refractivity contribution in [3.05, 3.63) is 30.1 Å². The largest absolute Gasteiger partial charge is 0.393 e. The fraction of sp³-hybridized carbons (Fsp3) is 0.214. The van der Waals surface area contributed by atoms with Gasteiger partial charge in [-0.15, -0.1) is 0 Å². The Morgan fingerprint density at radius 1 is 1.18 bits per heavy atom. The van der Waals surface area contributed by atoms with E-state index in [1.54, 1.807) is 16.3 Å². The molecule has 2 heterocycles. The van der Waals surface area contributed by atoms with Crippen molar-refractivity contribution in [3.8, 4) is 0 Å². The second kappa shape index (κ2) is 5.74.